The molecular weight excluding hydrogens is 310 g/mol. The predicted octanol–water partition coefficient (Wildman–Crippen LogP) is 3.46. The van der Waals surface area contributed by atoms with Gasteiger partial charge in [-0.2, -0.15) is 0 Å². The molecule has 2 aromatic rings. The van der Waals surface area contributed by atoms with E-state index in [9.17, 15) is 0 Å². The number of nitrogens with two attached hydrogens (primary N) is 1. The van der Waals surface area contributed by atoms with Crippen LogP contribution in [0.4, 0.5) is 0 Å². The minimum atomic E-state index is -0.0337. The van der Waals surface area contributed by atoms with Gasteiger partial charge in [0, 0.05) is 34.1 Å². The van der Waals surface area contributed by atoms with Crippen LogP contribution in [0.1, 0.15) is 18.8 Å². The molecule has 2 N–H and O–H groups in total. The molecule has 0 spiro atoms. The Morgan fingerprint density at radius 1 is 1.39 bits per heavy atom. The maximum Gasteiger partial charge on any atom is 0.126 e. The van der Waals surface area contributed by atoms with Gasteiger partial charge < -0.3 is 10.3 Å². The highest BCUT2D eigenvalue weighted by molar-refractivity contribution is 9.10. The molecule has 0 aliphatic carbocycles. The van der Waals surface area contributed by atoms with Crippen LogP contribution in [-0.4, -0.2) is 15.3 Å². The van der Waals surface area contributed by atoms with Crippen molar-refractivity contribution in [2.45, 2.75) is 24.4 Å². The molecule has 0 aliphatic rings. The molecular formula is C13H16BrN3S. The average molecular weight is 326 g/mol. The smallest absolute Gasteiger partial charge is 0.126 e. The Balaban J connectivity index is 1.96. The van der Waals surface area contributed by atoms with Crippen molar-refractivity contribution in [1.82, 2.24) is 9.55 Å². The van der Waals surface area contributed by atoms with E-state index in [0.29, 0.717) is 0 Å². The Morgan fingerprint density at radius 2 is 2.11 bits per heavy atom. The van der Waals surface area contributed by atoms with E-state index >= 15 is 0 Å². The van der Waals surface area contributed by atoms with Gasteiger partial charge in [-0.3, -0.25) is 0 Å². The number of nitrogens with zero attached hydrogens (tertiary/aromatic N) is 2. The second kappa shape index (κ2) is 6.41. The largest absolute Gasteiger partial charge is 0.334 e. The fourth-order valence-electron chi connectivity index (χ4n) is 1.71. The Morgan fingerprint density at radius 3 is 2.78 bits per heavy atom. The number of halogens is 1. The minimum absolute atomic E-state index is 0.0337. The van der Waals surface area contributed by atoms with Crippen LogP contribution in [0.25, 0.3) is 0 Å². The third-order valence-electron chi connectivity index (χ3n) is 2.66. The highest BCUT2D eigenvalue weighted by Crippen LogP contribution is 2.24. The molecule has 1 aromatic heterocycles. The van der Waals surface area contributed by atoms with Gasteiger partial charge in [0.1, 0.15) is 5.82 Å². The van der Waals surface area contributed by atoms with Crippen LogP contribution in [0.15, 0.2) is 46.0 Å². The summed E-state index contributed by atoms with van der Waals surface area (Å²) >= 11 is 5.18. The molecule has 0 bridgehead atoms. The van der Waals surface area contributed by atoms with Crippen molar-refractivity contribution in [1.29, 1.82) is 0 Å². The van der Waals surface area contributed by atoms with Gasteiger partial charge in [0.15, 0.2) is 0 Å². The molecule has 1 unspecified atom stereocenters. The molecule has 1 aromatic carbocycles. The monoisotopic (exact) mass is 325 g/mol. The number of hydrogen-bond donors (Lipinski definition) is 1. The van der Waals surface area contributed by atoms with Crippen molar-refractivity contribution in [2.24, 2.45) is 5.73 Å². The molecule has 3 nitrogen and oxygen atoms in total. The summed E-state index contributed by atoms with van der Waals surface area (Å²) in [6, 6.07) is 8.23. The zero-order chi connectivity index (χ0) is 13.0. The van der Waals surface area contributed by atoms with Gasteiger partial charge in [-0.05, 0) is 31.2 Å². The zero-order valence-electron chi connectivity index (χ0n) is 10.2. The van der Waals surface area contributed by atoms with Crippen molar-refractivity contribution in [3.05, 3.63) is 47.0 Å². The maximum absolute atomic E-state index is 6.18. The predicted molar refractivity (Wildman–Crippen MR) is 79.7 cm³/mol. The van der Waals surface area contributed by atoms with Crippen molar-refractivity contribution >= 4 is 27.7 Å². The number of thioether (sulfide) groups is 1. The maximum atomic E-state index is 6.18. The average Bonchev–Trinajstić information content (AvgIpc) is 2.86. The van der Waals surface area contributed by atoms with Gasteiger partial charge in [0.25, 0.3) is 0 Å². The number of imidazole rings is 1. The first-order valence-corrected chi connectivity index (χ1v) is 7.63. The summed E-state index contributed by atoms with van der Waals surface area (Å²) in [6.07, 6.45) is 3.78. The second-order valence-electron chi connectivity index (χ2n) is 3.94. The summed E-state index contributed by atoms with van der Waals surface area (Å²) in [5.41, 5.74) is 6.18. The van der Waals surface area contributed by atoms with Crippen molar-refractivity contribution < 1.29 is 0 Å². The number of rotatable bonds is 5. The summed E-state index contributed by atoms with van der Waals surface area (Å²) in [4.78, 5) is 5.56. The van der Waals surface area contributed by atoms with E-state index in [-0.39, 0.29) is 6.04 Å². The molecule has 0 saturated carbocycles. The Hall–Kier alpha value is -0.780. The first-order chi connectivity index (χ1) is 8.70. The van der Waals surface area contributed by atoms with Gasteiger partial charge in [0.05, 0.1) is 6.04 Å². The van der Waals surface area contributed by atoms with Crippen LogP contribution in [0.5, 0.6) is 0 Å². The molecule has 1 heterocycles. The molecule has 0 radical (unpaired) electrons. The molecule has 0 amide bonds. The number of aromatic nitrogens is 2. The molecule has 0 fully saturated rings. The Kier molecular flexibility index (Phi) is 4.86. The highest BCUT2D eigenvalue weighted by Gasteiger charge is 2.12. The van der Waals surface area contributed by atoms with E-state index < -0.39 is 0 Å². The van der Waals surface area contributed by atoms with Crippen LogP contribution in [0, 0.1) is 0 Å². The van der Waals surface area contributed by atoms with Crippen LogP contribution in [0.2, 0.25) is 0 Å². The Bertz CT molecular complexity index is 495. The molecule has 5 heteroatoms. The van der Waals surface area contributed by atoms with E-state index in [4.69, 9.17) is 5.73 Å². The van der Waals surface area contributed by atoms with E-state index in [1.807, 2.05) is 24.5 Å². The summed E-state index contributed by atoms with van der Waals surface area (Å²) in [5.74, 6) is 1.79. The van der Waals surface area contributed by atoms with Crippen molar-refractivity contribution in [3.8, 4) is 0 Å². The third kappa shape index (κ3) is 3.37. The van der Waals surface area contributed by atoms with Crippen LogP contribution >= 0.6 is 27.7 Å². The summed E-state index contributed by atoms with van der Waals surface area (Å²) in [5, 5.41) is 0. The van der Waals surface area contributed by atoms with Crippen LogP contribution < -0.4 is 5.73 Å². The van der Waals surface area contributed by atoms with E-state index in [0.717, 1.165) is 22.6 Å². The molecule has 2 rings (SSSR count). The zero-order valence-corrected chi connectivity index (χ0v) is 12.6. The van der Waals surface area contributed by atoms with Gasteiger partial charge in [-0.25, -0.2) is 4.98 Å². The lowest BCUT2D eigenvalue weighted by molar-refractivity contribution is 0.642. The van der Waals surface area contributed by atoms with Gasteiger partial charge in [0.2, 0.25) is 0 Å². The van der Waals surface area contributed by atoms with Crippen LogP contribution in [0.3, 0.4) is 0 Å². The van der Waals surface area contributed by atoms with E-state index in [2.05, 4.69) is 44.5 Å². The number of hydrogen-bond acceptors (Lipinski definition) is 3. The van der Waals surface area contributed by atoms with Crippen LogP contribution in [-0.2, 0) is 6.54 Å². The normalized spacial score (nSPS) is 12.6. The summed E-state index contributed by atoms with van der Waals surface area (Å²) in [6.45, 7) is 3.01. The molecule has 0 saturated heterocycles. The summed E-state index contributed by atoms with van der Waals surface area (Å²) < 4.78 is 3.19. The molecule has 1 atom stereocenters. The lowest BCUT2D eigenvalue weighted by Crippen LogP contribution is -2.18. The first-order valence-electron chi connectivity index (χ1n) is 5.85. The quantitative estimate of drug-likeness (QED) is 0.856. The summed E-state index contributed by atoms with van der Waals surface area (Å²) in [7, 11) is 0. The fourth-order valence-corrected chi connectivity index (χ4v) is 2.82. The van der Waals surface area contributed by atoms with Gasteiger partial charge in [-0.15, -0.1) is 11.8 Å². The Labute approximate surface area is 120 Å². The first kappa shape index (κ1) is 13.6. The number of aryl methyl sites for hydroxylation is 1. The lowest BCUT2D eigenvalue weighted by Gasteiger charge is -2.12. The minimum Gasteiger partial charge on any atom is -0.334 e. The topological polar surface area (TPSA) is 43.8 Å². The standard InChI is InChI=1S/C13H16BrN3S/c1-2-17-8-7-16-13(17)12(15)9-18-11-5-3-10(14)4-6-11/h3-8,12H,2,9,15H2,1H3. The third-order valence-corrected chi connectivity index (χ3v) is 4.32. The fraction of sp³-hybridized carbons (Fsp3) is 0.308. The van der Waals surface area contributed by atoms with Crippen molar-refractivity contribution in [3.63, 3.8) is 0 Å². The van der Waals surface area contributed by atoms with Crippen molar-refractivity contribution in [2.75, 3.05) is 5.75 Å². The molecule has 96 valence electrons. The molecule has 18 heavy (non-hydrogen) atoms. The SMILES string of the molecule is CCn1ccnc1C(N)CSc1ccc(Br)cc1. The van der Waals surface area contributed by atoms with Gasteiger partial charge >= 0.3 is 0 Å². The number of benzene rings is 1. The van der Waals surface area contributed by atoms with Gasteiger partial charge in [-0.1, -0.05) is 15.9 Å². The van der Waals surface area contributed by atoms with E-state index in [1.165, 1.54) is 4.90 Å². The second-order valence-corrected chi connectivity index (χ2v) is 5.95. The highest BCUT2D eigenvalue weighted by atomic mass is 79.9. The molecule has 0 aliphatic heterocycles. The lowest BCUT2D eigenvalue weighted by atomic mass is 10.3. The van der Waals surface area contributed by atoms with E-state index in [1.54, 1.807) is 11.8 Å².